The van der Waals surface area contributed by atoms with E-state index in [0.29, 0.717) is 31.7 Å². The first kappa shape index (κ1) is 15.7. The van der Waals surface area contributed by atoms with Gasteiger partial charge in [-0.1, -0.05) is 0 Å². The van der Waals surface area contributed by atoms with Crippen molar-refractivity contribution in [3.63, 3.8) is 0 Å². The average molecular weight is 326 g/mol. The van der Waals surface area contributed by atoms with Crippen molar-refractivity contribution in [3.8, 4) is 11.4 Å². The van der Waals surface area contributed by atoms with Crippen LogP contribution >= 0.6 is 0 Å². The molecule has 1 aliphatic rings. The molecule has 122 valence electrons. The second-order valence-electron chi connectivity index (χ2n) is 5.18. The third-order valence-electron chi connectivity index (χ3n) is 3.55. The van der Waals surface area contributed by atoms with Gasteiger partial charge in [-0.2, -0.15) is 13.2 Å². The van der Waals surface area contributed by atoms with E-state index in [1.54, 1.807) is 4.90 Å². The van der Waals surface area contributed by atoms with Crippen LogP contribution in [-0.4, -0.2) is 36.1 Å². The number of alkyl halides is 3. The Morgan fingerprint density at radius 1 is 1.00 bits per heavy atom. The molecule has 0 amide bonds. The molecule has 0 spiro atoms. The zero-order valence-electron chi connectivity index (χ0n) is 12.1. The van der Waals surface area contributed by atoms with E-state index in [1.165, 1.54) is 24.3 Å². The molecule has 0 unspecified atom stereocenters. The van der Waals surface area contributed by atoms with Gasteiger partial charge in [-0.05, 0) is 24.3 Å². The van der Waals surface area contributed by atoms with Crippen molar-refractivity contribution in [3.05, 3.63) is 41.8 Å². The number of hydrogen-bond acceptors (Lipinski definition) is 4. The first-order valence-electron chi connectivity index (χ1n) is 7.11. The number of anilines is 1. The summed E-state index contributed by atoms with van der Waals surface area (Å²) in [4.78, 5) is 9.61. The van der Waals surface area contributed by atoms with Crippen molar-refractivity contribution in [2.75, 3.05) is 31.1 Å². The third kappa shape index (κ3) is 3.58. The van der Waals surface area contributed by atoms with Crippen molar-refractivity contribution >= 4 is 5.82 Å². The number of benzene rings is 1. The average Bonchev–Trinajstić information content (AvgIpc) is 2.55. The summed E-state index contributed by atoms with van der Waals surface area (Å²) in [5, 5.41) is 3.13. The molecule has 1 aromatic heterocycles. The van der Waals surface area contributed by atoms with E-state index in [1.807, 2.05) is 0 Å². The summed E-state index contributed by atoms with van der Waals surface area (Å²) >= 11 is 0. The van der Waals surface area contributed by atoms with Gasteiger partial charge in [0.15, 0.2) is 11.5 Å². The largest absolute Gasteiger partial charge is 0.433 e. The second-order valence-corrected chi connectivity index (χ2v) is 5.18. The number of piperazine rings is 1. The molecule has 0 bridgehead atoms. The lowest BCUT2D eigenvalue weighted by Gasteiger charge is -2.29. The normalized spacial score (nSPS) is 15.7. The summed E-state index contributed by atoms with van der Waals surface area (Å²) in [5.74, 6) is -0.301. The van der Waals surface area contributed by atoms with E-state index in [4.69, 9.17) is 0 Å². The first-order valence-corrected chi connectivity index (χ1v) is 7.11. The van der Waals surface area contributed by atoms with Gasteiger partial charge in [0.1, 0.15) is 11.6 Å². The summed E-state index contributed by atoms with van der Waals surface area (Å²) in [5.41, 5.74) is -0.658. The Labute approximate surface area is 130 Å². The highest BCUT2D eigenvalue weighted by molar-refractivity contribution is 5.58. The number of halogens is 4. The smallest absolute Gasteiger partial charge is 0.354 e. The maximum absolute atomic E-state index is 13.1. The van der Waals surface area contributed by atoms with E-state index in [9.17, 15) is 17.6 Å². The molecule has 0 saturated carbocycles. The molecule has 4 nitrogen and oxygen atoms in total. The molecule has 1 aromatic carbocycles. The molecule has 1 saturated heterocycles. The van der Waals surface area contributed by atoms with Gasteiger partial charge in [0.05, 0.1) is 0 Å². The molecule has 3 rings (SSSR count). The van der Waals surface area contributed by atoms with Crippen molar-refractivity contribution in [1.29, 1.82) is 0 Å². The minimum atomic E-state index is -4.57. The van der Waals surface area contributed by atoms with Crippen molar-refractivity contribution in [2.24, 2.45) is 0 Å². The van der Waals surface area contributed by atoms with Crippen LogP contribution in [0.1, 0.15) is 5.69 Å². The summed E-state index contributed by atoms with van der Waals surface area (Å²) in [7, 11) is 0. The summed E-state index contributed by atoms with van der Waals surface area (Å²) in [6.45, 7) is 2.49. The van der Waals surface area contributed by atoms with Crippen LogP contribution < -0.4 is 10.2 Å². The number of nitrogens with zero attached hydrogens (tertiary/aromatic N) is 3. The van der Waals surface area contributed by atoms with Crippen LogP contribution in [0.5, 0.6) is 0 Å². The predicted molar refractivity (Wildman–Crippen MR) is 77.5 cm³/mol. The first-order chi connectivity index (χ1) is 10.9. The van der Waals surface area contributed by atoms with Crippen LogP contribution in [0.25, 0.3) is 11.4 Å². The molecule has 0 radical (unpaired) electrons. The lowest BCUT2D eigenvalue weighted by molar-refractivity contribution is -0.141. The number of aromatic nitrogens is 2. The molecule has 0 atom stereocenters. The Kier molecular flexibility index (Phi) is 4.16. The molecule has 2 heterocycles. The molecular weight excluding hydrogens is 312 g/mol. The fourth-order valence-electron chi connectivity index (χ4n) is 2.36. The topological polar surface area (TPSA) is 41.1 Å². The van der Waals surface area contributed by atoms with E-state index >= 15 is 0 Å². The van der Waals surface area contributed by atoms with Gasteiger partial charge in [-0.15, -0.1) is 0 Å². The molecule has 2 aromatic rings. The standard InChI is InChI=1S/C15H14F4N4/c16-11-3-1-10(2-4-11)14-21-12(15(17,18)19)9-13(22-14)23-7-5-20-6-8-23/h1-4,9,20H,5-8H2. The third-order valence-corrected chi connectivity index (χ3v) is 3.55. The fourth-order valence-corrected chi connectivity index (χ4v) is 2.36. The van der Waals surface area contributed by atoms with Crippen LogP contribution in [0, 0.1) is 5.82 Å². The zero-order chi connectivity index (χ0) is 16.4. The monoisotopic (exact) mass is 326 g/mol. The van der Waals surface area contributed by atoms with Gasteiger partial charge < -0.3 is 10.2 Å². The van der Waals surface area contributed by atoms with E-state index in [0.717, 1.165) is 6.07 Å². The molecule has 0 aliphatic carbocycles. The minimum Gasteiger partial charge on any atom is -0.354 e. The summed E-state index contributed by atoms with van der Waals surface area (Å²) in [6, 6.07) is 6.03. The lowest BCUT2D eigenvalue weighted by Crippen LogP contribution is -2.44. The van der Waals surface area contributed by atoms with E-state index in [2.05, 4.69) is 15.3 Å². The second kappa shape index (κ2) is 6.11. The molecule has 8 heteroatoms. The summed E-state index contributed by atoms with van der Waals surface area (Å²) < 4.78 is 52.3. The predicted octanol–water partition coefficient (Wildman–Crippen LogP) is 2.71. The van der Waals surface area contributed by atoms with Gasteiger partial charge in [0, 0.05) is 37.8 Å². The molecule has 1 aliphatic heterocycles. The lowest BCUT2D eigenvalue weighted by atomic mass is 10.2. The Balaban J connectivity index is 2.05. The van der Waals surface area contributed by atoms with Gasteiger partial charge in [0.2, 0.25) is 0 Å². The van der Waals surface area contributed by atoms with Gasteiger partial charge in [-0.25, -0.2) is 14.4 Å². The fraction of sp³-hybridized carbons (Fsp3) is 0.333. The highest BCUT2D eigenvalue weighted by Crippen LogP contribution is 2.31. The molecule has 1 fully saturated rings. The molecule has 23 heavy (non-hydrogen) atoms. The Bertz CT molecular complexity index is 679. The summed E-state index contributed by atoms with van der Waals surface area (Å²) in [6.07, 6.45) is -4.57. The quantitative estimate of drug-likeness (QED) is 0.862. The van der Waals surface area contributed by atoms with E-state index in [-0.39, 0.29) is 11.6 Å². The van der Waals surface area contributed by atoms with Crippen LogP contribution in [0.3, 0.4) is 0 Å². The van der Waals surface area contributed by atoms with Gasteiger partial charge in [0.25, 0.3) is 0 Å². The van der Waals surface area contributed by atoms with Gasteiger partial charge >= 0.3 is 6.18 Å². The molecule has 1 N–H and O–H groups in total. The number of rotatable bonds is 2. The van der Waals surface area contributed by atoms with Crippen LogP contribution in [0.15, 0.2) is 30.3 Å². The maximum atomic E-state index is 13.1. The van der Waals surface area contributed by atoms with E-state index < -0.39 is 17.7 Å². The molecular formula is C15H14F4N4. The number of nitrogens with one attached hydrogen (secondary N) is 1. The highest BCUT2D eigenvalue weighted by Gasteiger charge is 2.34. The van der Waals surface area contributed by atoms with Gasteiger partial charge in [-0.3, -0.25) is 0 Å². The Hall–Kier alpha value is -2.22. The van der Waals surface area contributed by atoms with Crippen molar-refractivity contribution in [1.82, 2.24) is 15.3 Å². The Morgan fingerprint density at radius 3 is 2.26 bits per heavy atom. The minimum absolute atomic E-state index is 0.0617. The van der Waals surface area contributed by atoms with Crippen molar-refractivity contribution in [2.45, 2.75) is 6.18 Å². The number of hydrogen-bond donors (Lipinski definition) is 1. The van der Waals surface area contributed by atoms with Crippen LogP contribution in [-0.2, 0) is 6.18 Å². The maximum Gasteiger partial charge on any atom is 0.433 e. The Morgan fingerprint density at radius 2 is 1.65 bits per heavy atom. The highest BCUT2D eigenvalue weighted by atomic mass is 19.4. The zero-order valence-corrected chi connectivity index (χ0v) is 12.1. The van der Waals surface area contributed by atoms with Crippen LogP contribution in [0.2, 0.25) is 0 Å². The SMILES string of the molecule is Fc1ccc(-c2nc(N3CCNCC3)cc(C(F)(F)F)n2)cc1. The van der Waals surface area contributed by atoms with Crippen molar-refractivity contribution < 1.29 is 17.6 Å². The van der Waals surface area contributed by atoms with Crippen LogP contribution in [0.4, 0.5) is 23.4 Å².